The molecule has 1 atom stereocenters. The van der Waals surface area contributed by atoms with Crippen LogP contribution in [0.25, 0.3) is 0 Å². The molecule has 1 aromatic rings. The largest absolute Gasteiger partial charge is 0.354 e. The maximum atomic E-state index is 11.9. The number of nitrogens with one attached hydrogen (secondary N) is 1. The highest BCUT2D eigenvalue weighted by Gasteiger charge is 2.19. The van der Waals surface area contributed by atoms with Crippen LogP contribution in [0.2, 0.25) is 0 Å². The average molecular weight is 248 g/mol. The summed E-state index contributed by atoms with van der Waals surface area (Å²) < 4.78 is 0. The van der Waals surface area contributed by atoms with Crippen molar-refractivity contribution < 1.29 is 4.79 Å². The minimum Gasteiger partial charge on any atom is -0.354 e. The molecule has 18 heavy (non-hydrogen) atoms. The van der Waals surface area contributed by atoms with Gasteiger partial charge in [-0.15, -0.1) is 0 Å². The predicted molar refractivity (Wildman–Crippen MR) is 75.2 cm³/mol. The van der Waals surface area contributed by atoms with Crippen LogP contribution in [0.3, 0.4) is 0 Å². The summed E-state index contributed by atoms with van der Waals surface area (Å²) >= 11 is 0. The zero-order chi connectivity index (χ0) is 13.6. The van der Waals surface area contributed by atoms with E-state index in [1.54, 1.807) is 0 Å². The van der Waals surface area contributed by atoms with Crippen LogP contribution in [0, 0.1) is 5.41 Å². The molecule has 100 valence electrons. The Morgan fingerprint density at radius 1 is 1.33 bits per heavy atom. The van der Waals surface area contributed by atoms with E-state index >= 15 is 0 Å². The first kappa shape index (κ1) is 14.7. The summed E-state index contributed by atoms with van der Waals surface area (Å²) in [5.41, 5.74) is 7.13. The minimum atomic E-state index is -0.472. The van der Waals surface area contributed by atoms with Crippen LogP contribution in [-0.4, -0.2) is 18.5 Å². The molecule has 1 amide bonds. The molecule has 1 unspecified atom stereocenters. The molecule has 1 aromatic carbocycles. The fourth-order valence-electron chi connectivity index (χ4n) is 1.54. The second-order valence-corrected chi connectivity index (χ2v) is 5.53. The van der Waals surface area contributed by atoms with Crippen molar-refractivity contribution in [1.82, 2.24) is 5.32 Å². The van der Waals surface area contributed by atoms with Crippen molar-refractivity contribution >= 4 is 5.91 Å². The van der Waals surface area contributed by atoms with E-state index in [9.17, 15) is 4.79 Å². The van der Waals surface area contributed by atoms with E-state index in [1.165, 1.54) is 0 Å². The lowest BCUT2D eigenvalue weighted by molar-refractivity contribution is -0.122. The van der Waals surface area contributed by atoms with Crippen LogP contribution in [0.4, 0.5) is 0 Å². The van der Waals surface area contributed by atoms with Gasteiger partial charge in [-0.1, -0.05) is 51.1 Å². The number of benzene rings is 1. The van der Waals surface area contributed by atoms with Crippen molar-refractivity contribution in [2.24, 2.45) is 11.1 Å². The summed E-state index contributed by atoms with van der Waals surface area (Å²) in [6.45, 7) is 7.06. The van der Waals surface area contributed by atoms with Gasteiger partial charge in [0.2, 0.25) is 5.91 Å². The highest BCUT2D eigenvalue weighted by atomic mass is 16.2. The summed E-state index contributed by atoms with van der Waals surface area (Å²) in [4.78, 5) is 11.9. The third kappa shape index (κ3) is 4.88. The number of hydrogen-bond donors (Lipinski definition) is 2. The Hall–Kier alpha value is -1.35. The summed E-state index contributed by atoms with van der Waals surface area (Å²) in [7, 11) is 0. The maximum Gasteiger partial charge on any atom is 0.237 e. The lowest BCUT2D eigenvalue weighted by Gasteiger charge is -2.24. The van der Waals surface area contributed by atoms with Crippen LogP contribution in [0.1, 0.15) is 32.8 Å². The number of nitrogens with two attached hydrogens (primary N) is 1. The van der Waals surface area contributed by atoms with Gasteiger partial charge in [0.25, 0.3) is 0 Å². The van der Waals surface area contributed by atoms with Crippen LogP contribution in [0.5, 0.6) is 0 Å². The number of carbonyl (C=O) groups is 1. The normalized spacial score (nSPS) is 13.1. The van der Waals surface area contributed by atoms with Gasteiger partial charge in [-0.05, 0) is 23.8 Å². The number of carbonyl (C=O) groups excluding carboxylic acids is 1. The molecular formula is C15H24N2O. The second kappa shape index (κ2) is 6.55. The second-order valence-electron chi connectivity index (χ2n) is 5.53. The Balaban J connectivity index is 2.43. The molecule has 0 fully saturated rings. The summed E-state index contributed by atoms with van der Waals surface area (Å²) in [6, 6.07) is 9.38. The van der Waals surface area contributed by atoms with E-state index in [-0.39, 0.29) is 11.3 Å². The third-order valence-corrected chi connectivity index (χ3v) is 3.33. The molecule has 3 heteroatoms. The fourth-order valence-corrected chi connectivity index (χ4v) is 1.54. The third-order valence-electron chi connectivity index (χ3n) is 3.33. The van der Waals surface area contributed by atoms with E-state index < -0.39 is 6.04 Å². The number of amides is 1. The van der Waals surface area contributed by atoms with E-state index in [4.69, 9.17) is 5.73 Å². The quantitative estimate of drug-likeness (QED) is 0.810. The van der Waals surface area contributed by atoms with Gasteiger partial charge in [0.15, 0.2) is 0 Å². The van der Waals surface area contributed by atoms with Gasteiger partial charge in [-0.2, -0.15) is 0 Å². The molecule has 0 saturated carbocycles. The molecule has 0 saturated heterocycles. The first-order chi connectivity index (χ1) is 8.44. The van der Waals surface area contributed by atoms with Crippen LogP contribution in [-0.2, 0) is 11.2 Å². The molecule has 3 nitrogen and oxygen atoms in total. The Kier molecular flexibility index (Phi) is 5.35. The number of rotatable bonds is 6. The molecule has 0 heterocycles. The molecule has 0 aliphatic rings. The lowest BCUT2D eigenvalue weighted by Crippen LogP contribution is -2.45. The van der Waals surface area contributed by atoms with Gasteiger partial charge in [0.05, 0.1) is 6.04 Å². The standard InChI is InChI=1S/C15H24N2O/c1-4-15(2,3)11-17-14(18)13(16)10-12-8-6-5-7-9-12/h5-9,13H,4,10-11,16H2,1-3H3,(H,17,18). The Morgan fingerprint density at radius 2 is 1.94 bits per heavy atom. The lowest BCUT2D eigenvalue weighted by atomic mass is 9.90. The first-order valence-corrected chi connectivity index (χ1v) is 6.52. The smallest absolute Gasteiger partial charge is 0.237 e. The summed E-state index contributed by atoms with van der Waals surface area (Å²) in [5.74, 6) is -0.0691. The Bertz CT molecular complexity index is 373. The van der Waals surface area contributed by atoms with Gasteiger partial charge in [0.1, 0.15) is 0 Å². The zero-order valence-electron chi connectivity index (χ0n) is 11.6. The highest BCUT2D eigenvalue weighted by molar-refractivity contribution is 5.81. The van der Waals surface area contributed by atoms with E-state index in [1.807, 2.05) is 30.3 Å². The van der Waals surface area contributed by atoms with Crippen molar-refractivity contribution in [3.63, 3.8) is 0 Å². The molecule has 0 aliphatic carbocycles. The molecule has 0 aliphatic heterocycles. The Labute approximate surface area is 110 Å². The van der Waals surface area contributed by atoms with E-state index in [2.05, 4.69) is 26.1 Å². The topological polar surface area (TPSA) is 55.1 Å². The van der Waals surface area contributed by atoms with Crippen molar-refractivity contribution in [3.05, 3.63) is 35.9 Å². The monoisotopic (exact) mass is 248 g/mol. The van der Waals surface area contributed by atoms with Crippen molar-refractivity contribution in [2.45, 2.75) is 39.7 Å². The molecule has 0 aromatic heterocycles. The van der Waals surface area contributed by atoms with Gasteiger partial charge < -0.3 is 11.1 Å². The van der Waals surface area contributed by atoms with E-state index in [0.717, 1.165) is 12.0 Å². The molecule has 0 spiro atoms. The summed E-state index contributed by atoms with van der Waals surface area (Å²) in [6.07, 6.45) is 1.61. The number of hydrogen-bond acceptors (Lipinski definition) is 2. The highest BCUT2D eigenvalue weighted by Crippen LogP contribution is 2.17. The van der Waals surface area contributed by atoms with Gasteiger partial charge in [-0.25, -0.2) is 0 Å². The zero-order valence-corrected chi connectivity index (χ0v) is 11.6. The SMILES string of the molecule is CCC(C)(C)CNC(=O)C(N)Cc1ccccc1. The van der Waals surface area contributed by atoms with Crippen molar-refractivity contribution in [1.29, 1.82) is 0 Å². The van der Waals surface area contributed by atoms with Crippen LogP contribution in [0.15, 0.2) is 30.3 Å². The van der Waals surface area contributed by atoms with Crippen LogP contribution < -0.4 is 11.1 Å². The predicted octanol–water partition coefficient (Wildman–Crippen LogP) is 2.11. The van der Waals surface area contributed by atoms with E-state index in [0.29, 0.717) is 13.0 Å². The molecule has 3 N–H and O–H groups in total. The van der Waals surface area contributed by atoms with Crippen molar-refractivity contribution in [2.75, 3.05) is 6.54 Å². The molecule has 0 bridgehead atoms. The molecule has 0 radical (unpaired) electrons. The fraction of sp³-hybridized carbons (Fsp3) is 0.533. The first-order valence-electron chi connectivity index (χ1n) is 6.52. The van der Waals surface area contributed by atoms with Gasteiger partial charge in [-0.3, -0.25) is 4.79 Å². The maximum absolute atomic E-state index is 11.9. The molecule has 1 rings (SSSR count). The van der Waals surface area contributed by atoms with Gasteiger partial charge in [0, 0.05) is 6.54 Å². The van der Waals surface area contributed by atoms with Crippen LogP contribution >= 0.6 is 0 Å². The molecular weight excluding hydrogens is 224 g/mol. The Morgan fingerprint density at radius 3 is 2.50 bits per heavy atom. The average Bonchev–Trinajstić information content (AvgIpc) is 2.37. The van der Waals surface area contributed by atoms with Crippen molar-refractivity contribution in [3.8, 4) is 0 Å². The summed E-state index contributed by atoms with van der Waals surface area (Å²) in [5, 5.41) is 2.93. The van der Waals surface area contributed by atoms with Gasteiger partial charge >= 0.3 is 0 Å². The minimum absolute atomic E-state index is 0.0691.